The second kappa shape index (κ2) is 7.31. The first-order valence-electron chi connectivity index (χ1n) is 7.78. The van der Waals surface area contributed by atoms with Crippen LogP contribution in [-0.2, 0) is 13.0 Å². The highest BCUT2D eigenvalue weighted by Gasteiger charge is 2.14. The number of aromatic nitrogens is 3. The highest BCUT2D eigenvalue weighted by Crippen LogP contribution is 2.12. The molecule has 3 rings (SSSR count). The quantitative estimate of drug-likeness (QED) is 0.735. The highest BCUT2D eigenvalue weighted by molar-refractivity contribution is 7.08. The van der Waals surface area contributed by atoms with E-state index >= 15 is 0 Å². The van der Waals surface area contributed by atoms with Crippen molar-refractivity contribution in [2.45, 2.75) is 26.8 Å². The molecule has 0 bridgehead atoms. The van der Waals surface area contributed by atoms with Crippen LogP contribution in [0.3, 0.4) is 0 Å². The van der Waals surface area contributed by atoms with Crippen molar-refractivity contribution in [2.75, 3.05) is 0 Å². The lowest BCUT2D eigenvalue weighted by molar-refractivity contribution is 0.1000. The molecular weight excluding hydrogens is 320 g/mol. The molecule has 1 amide bonds. The molecule has 0 radical (unpaired) electrons. The number of rotatable bonds is 4. The van der Waals surface area contributed by atoms with E-state index in [2.05, 4.69) is 45.8 Å². The van der Waals surface area contributed by atoms with Gasteiger partial charge in [0.25, 0.3) is 5.91 Å². The van der Waals surface area contributed by atoms with Crippen molar-refractivity contribution >= 4 is 17.4 Å². The molecule has 2 heterocycles. The van der Waals surface area contributed by atoms with E-state index in [1.807, 2.05) is 35.9 Å². The smallest absolute Gasteiger partial charge is 0.292 e. The molecule has 24 heavy (non-hydrogen) atoms. The van der Waals surface area contributed by atoms with Crippen LogP contribution in [0.25, 0.3) is 0 Å². The van der Waals surface area contributed by atoms with E-state index in [9.17, 15) is 4.79 Å². The highest BCUT2D eigenvalue weighted by atomic mass is 32.1. The topological polar surface area (TPSA) is 60.1 Å². The van der Waals surface area contributed by atoms with Gasteiger partial charge < -0.3 is 4.57 Å². The van der Waals surface area contributed by atoms with E-state index in [0.717, 1.165) is 17.1 Å². The minimum absolute atomic E-state index is 0.286. The fourth-order valence-electron chi connectivity index (χ4n) is 2.35. The summed E-state index contributed by atoms with van der Waals surface area (Å²) in [6, 6.07) is 14.0. The second-order valence-electron chi connectivity index (χ2n) is 5.49. The van der Waals surface area contributed by atoms with E-state index in [4.69, 9.17) is 0 Å². The van der Waals surface area contributed by atoms with Crippen LogP contribution in [-0.4, -0.2) is 20.1 Å². The fraction of sp³-hybridized carbons (Fsp3) is 0.222. The number of benzene rings is 1. The Labute approximate surface area is 144 Å². The summed E-state index contributed by atoms with van der Waals surface area (Å²) in [5.74, 6) is -0.286. The Hall–Kier alpha value is -2.60. The van der Waals surface area contributed by atoms with Gasteiger partial charge in [-0.1, -0.05) is 47.3 Å². The SMILES string of the molecule is CCc1nnsc1C(=O)N=c1ccccn1Cc1ccc(C)cc1. The van der Waals surface area contributed by atoms with E-state index in [-0.39, 0.29) is 5.91 Å². The molecule has 1 aromatic carbocycles. The van der Waals surface area contributed by atoms with Crippen LogP contribution >= 0.6 is 11.5 Å². The summed E-state index contributed by atoms with van der Waals surface area (Å²) in [4.78, 5) is 17.2. The van der Waals surface area contributed by atoms with E-state index in [0.29, 0.717) is 29.0 Å². The van der Waals surface area contributed by atoms with Crippen LogP contribution in [0.15, 0.2) is 53.7 Å². The molecule has 0 atom stereocenters. The maximum absolute atomic E-state index is 12.5. The van der Waals surface area contributed by atoms with Crippen LogP contribution < -0.4 is 5.49 Å². The molecule has 0 unspecified atom stereocenters. The van der Waals surface area contributed by atoms with E-state index in [1.165, 1.54) is 5.56 Å². The number of nitrogens with zero attached hydrogens (tertiary/aromatic N) is 4. The number of pyridine rings is 1. The second-order valence-corrected chi connectivity index (χ2v) is 6.25. The van der Waals surface area contributed by atoms with Crippen molar-refractivity contribution in [1.29, 1.82) is 0 Å². The van der Waals surface area contributed by atoms with Crippen LogP contribution in [0.2, 0.25) is 0 Å². The number of amides is 1. The third-order valence-corrected chi connectivity index (χ3v) is 4.45. The molecule has 0 N–H and O–H groups in total. The van der Waals surface area contributed by atoms with Gasteiger partial charge in [-0.25, -0.2) is 0 Å². The Morgan fingerprint density at radius 2 is 2.00 bits per heavy atom. The molecule has 122 valence electrons. The summed E-state index contributed by atoms with van der Waals surface area (Å²) < 4.78 is 5.82. The zero-order chi connectivity index (χ0) is 16.9. The van der Waals surface area contributed by atoms with Gasteiger partial charge in [0, 0.05) is 12.7 Å². The molecule has 5 nitrogen and oxygen atoms in total. The van der Waals surface area contributed by atoms with E-state index < -0.39 is 0 Å². The molecule has 0 aliphatic carbocycles. The zero-order valence-electron chi connectivity index (χ0n) is 13.6. The van der Waals surface area contributed by atoms with Crippen LogP contribution in [0.4, 0.5) is 0 Å². The Balaban J connectivity index is 1.94. The van der Waals surface area contributed by atoms with Gasteiger partial charge in [0.15, 0.2) is 0 Å². The standard InChI is InChI=1S/C18H18N4OS/c1-3-15-17(24-21-20-15)18(23)19-16-6-4-5-11-22(16)12-14-9-7-13(2)8-10-14/h4-11H,3,12H2,1-2H3. The molecule has 0 saturated heterocycles. The third-order valence-electron chi connectivity index (χ3n) is 3.69. The van der Waals surface area contributed by atoms with E-state index in [1.54, 1.807) is 0 Å². The fourth-order valence-corrected chi connectivity index (χ4v) is 2.99. The normalized spacial score (nSPS) is 11.7. The van der Waals surface area contributed by atoms with Crippen LogP contribution in [0.1, 0.15) is 33.4 Å². The summed E-state index contributed by atoms with van der Waals surface area (Å²) in [7, 11) is 0. The molecule has 0 aliphatic heterocycles. The van der Waals surface area contributed by atoms with Crippen molar-refractivity contribution in [2.24, 2.45) is 4.99 Å². The Kier molecular flexibility index (Phi) is 4.96. The van der Waals surface area contributed by atoms with Gasteiger partial charge in [-0.3, -0.25) is 4.79 Å². The lowest BCUT2D eigenvalue weighted by atomic mass is 10.1. The lowest BCUT2D eigenvalue weighted by Crippen LogP contribution is -2.22. The number of carbonyl (C=O) groups is 1. The summed E-state index contributed by atoms with van der Waals surface area (Å²) >= 11 is 1.10. The first-order chi connectivity index (χ1) is 11.7. The molecule has 0 saturated carbocycles. The zero-order valence-corrected chi connectivity index (χ0v) is 14.5. The Bertz CT molecular complexity index is 909. The molecule has 2 aromatic heterocycles. The summed E-state index contributed by atoms with van der Waals surface area (Å²) in [6.07, 6.45) is 2.60. The maximum Gasteiger partial charge on any atom is 0.292 e. The lowest BCUT2D eigenvalue weighted by Gasteiger charge is -2.07. The minimum atomic E-state index is -0.286. The van der Waals surface area contributed by atoms with Gasteiger partial charge in [-0.05, 0) is 42.6 Å². The largest absolute Gasteiger partial charge is 0.328 e. The first kappa shape index (κ1) is 16.3. The predicted octanol–water partition coefficient (Wildman–Crippen LogP) is 3.00. The number of hydrogen-bond acceptors (Lipinski definition) is 4. The first-order valence-corrected chi connectivity index (χ1v) is 8.56. The Morgan fingerprint density at radius 1 is 1.21 bits per heavy atom. The molecule has 0 aliphatic rings. The van der Waals surface area contributed by atoms with Gasteiger partial charge >= 0.3 is 0 Å². The molecular formula is C18H18N4OS. The summed E-state index contributed by atoms with van der Waals surface area (Å²) in [5, 5.41) is 3.98. The molecule has 0 spiro atoms. The Morgan fingerprint density at radius 3 is 2.75 bits per heavy atom. The van der Waals surface area contributed by atoms with Crippen LogP contribution in [0.5, 0.6) is 0 Å². The number of aryl methyl sites for hydroxylation is 2. The summed E-state index contributed by atoms with van der Waals surface area (Å²) in [6.45, 7) is 4.68. The molecule has 0 fully saturated rings. The average molecular weight is 338 g/mol. The molecule has 3 aromatic rings. The predicted molar refractivity (Wildman–Crippen MR) is 93.9 cm³/mol. The van der Waals surface area contributed by atoms with Gasteiger partial charge in [-0.2, -0.15) is 4.99 Å². The maximum atomic E-state index is 12.5. The molecule has 6 heteroatoms. The van der Waals surface area contributed by atoms with Crippen molar-refractivity contribution < 1.29 is 4.79 Å². The minimum Gasteiger partial charge on any atom is -0.328 e. The van der Waals surface area contributed by atoms with Gasteiger partial charge in [-0.15, -0.1) is 5.10 Å². The monoisotopic (exact) mass is 338 g/mol. The van der Waals surface area contributed by atoms with Crippen molar-refractivity contribution in [3.63, 3.8) is 0 Å². The number of carbonyl (C=O) groups excluding carboxylic acids is 1. The number of hydrogen-bond donors (Lipinski definition) is 0. The van der Waals surface area contributed by atoms with Crippen LogP contribution in [0, 0.1) is 6.92 Å². The van der Waals surface area contributed by atoms with Gasteiger partial charge in [0.1, 0.15) is 10.4 Å². The van der Waals surface area contributed by atoms with Crippen molar-refractivity contribution in [3.8, 4) is 0 Å². The third kappa shape index (κ3) is 3.65. The average Bonchev–Trinajstić information content (AvgIpc) is 3.07. The van der Waals surface area contributed by atoms with Crippen molar-refractivity contribution in [1.82, 2.24) is 14.2 Å². The van der Waals surface area contributed by atoms with Gasteiger partial charge in [0.05, 0.1) is 5.69 Å². The van der Waals surface area contributed by atoms with Crippen molar-refractivity contribution in [3.05, 3.63) is 75.8 Å². The summed E-state index contributed by atoms with van der Waals surface area (Å²) in [5.41, 5.74) is 3.71. The van der Waals surface area contributed by atoms with Gasteiger partial charge in [0.2, 0.25) is 0 Å².